The smallest absolute Gasteiger partial charge is 0.181 e. The van der Waals surface area contributed by atoms with Crippen molar-refractivity contribution < 1.29 is 13.9 Å². The minimum Gasteiger partial charge on any atom is -0.496 e. The summed E-state index contributed by atoms with van der Waals surface area (Å²) in [6, 6.07) is 6.73. The van der Waals surface area contributed by atoms with Gasteiger partial charge < -0.3 is 14.4 Å². The highest BCUT2D eigenvalue weighted by Crippen LogP contribution is 2.38. The lowest BCUT2D eigenvalue weighted by Gasteiger charge is -2.34. The Kier molecular flexibility index (Phi) is 5.87. The van der Waals surface area contributed by atoms with Gasteiger partial charge in [-0.05, 0) is 49.9 Å². The molecule has 1 aromatic carbocycles. The van der Waals surface area contributed by atoms with Crippen LogP contribution in [0.1, 0.15) is 37.1 Å². The molecule has 0 spiro atoms. The number of hydrogen-bond donors (Lipinski definition) is 0. The molecule has 4 rings (SSSR count). The van der Waals surface area contributed by atoms with Gasteiger partial charge in [0.1, 0.15) is 23.2 Å². The number of aromatic nitrogens is 3. The van der Waals surface area contributed by atoms with Crippen molar-refractivity contribution in [1.82, 2.24) is 14.6 Å². The fourth-order valence-corrected chi connectivity index (χ4v) is 4.27. The zero-order chi connectivity index (χ0) is 20.4. The quantitative estimate of drug-likeness (QED) is 0.592. The van der Waals surface area contributed by atoms with Crippen LogP contribution in [0.3, 0.4) is 0 Å². The van der Waals surface area contributed by atoms with Gasteiger partial charge >= 0.3 is 0 Å². The number of pyridine rings is 1. The molecule has 2 aromatic heterocycles. The van der Waals surface area contributed by atoms with E-state index in [1.165, 1.54) is 6.07 Å². The van der Waals surface area contributed by atoms with Crippen molar-refractivity contribution in [3.05, 3.63) is 52.7 Å². The summed E-state index contributed by atoms with van der Waals surface area (Å²) in [5.74, 6) is 1.50. The van der Waals surface area contributed by atoms with E-state index in [0.29, 0.717) is 23.9 Å². The third-order valence-electron chi connectivity index (χ3n) is 5.47. The first-order valence-corrected chi connectivity index (χ1v) is 10.2. The molecule has 1 aliphatic rings. The molecular formula is C21H24ClFN4O2. The van der Waals surface area contributed by atoms with Gasteiger partial charge in [0.05, 0.1) is 12.8 Å². The lowest BCUT2D eigenvalue weighted by Crippen LogP contribution is -2.33. The summed E-state index contributed by atoms with van der Waals surface area (Å²) < 4.78 is 26.5. The van der Waals surface area contributed by atoms with E-state index in [9.17, 15) is 4.39 Å². The van der Waals surface area contributed by atoms with Gasteiger partial charge in [-0.25, -0.2) is 4.39 Å². The lowest BCUT2D eigenvalue weighted by atomic mass is 9.88. The van der Waals surface area contributed by atoms with Gasteiger partial charge in [-0.1, -0.05) is 11.6 Å². The molecule has 0 saturated carbocycles. The number of halogens is 2. The number of fused-ring (bicyclic) bond motifs is 1. The van der Waals surface area contributed by atoms with Crippen LogP contribution in [0.5, 0.6) is 5.75 Å². The normalized spacial score (nSPS) is 15.2. The minimum atomic E-state index is -0.230. The van der Waals surface area contributed by atoms with Crippen LogP contribution in [0.2, 0.25) is 5.02 Å². The summed E-state index contributed by atoms with van der Waals surface area (Å²) in [5, 5.41) is 9.02. The average molecular weight is 419 g/mol. The van der Waals surface area contributed by atoms with Gasteiger partial charge in [-0.15, -0.1) is 10.2 Å². The Labute approximate surface area is 174 Å². The maximum atomic E-state index is 13.8. The number of benzene rings is 1. The second kappa shape index (κ2) is 8.55. The van der Waals surface area contributed by atoms with Crippen LogP contribution in [-0.2, 0) is 11.3 Å². The summed E-state index contributed by atoms with van der Waals surface area (Å²) in [6.45, 7) is 4.59. The third kappa shape index (κ3) is 3.89. The second-order valence-electron chi connectivity index (χ2n) is 7.11. The van der Waals surface area contributed by atoms with Crippen LogP contribution < -0.4 is 9.64 Å². The van der Waals surface area contributed by atoms with Crippen molar-refractivity contribution in [2.45, 2.75) is 32.3 Å². The first-order valence-electron chi connectivity index (χ1n) is 9.80. The van der Waals surface area contributed by atoms with E-state index < -0.39 is 0 Å². The molecule has 1 fully saturated rings. The zero-order valence-electron chi connectivity index (χ0n) is 16.6. The predicted molar refractivity (Wildman–Crippen MR) is 110 cm³/mol. The Morgan fingerprint density at radius 3 is 2.72 bits per heavy atom. The standard InChI is InChI=1S/C21H24ClFN4O2/c1-3-29-13-19-24-25-21-20(22)17(8-11-27(19)21)26-9-6-14(7-10-26)16-12-15(23)4-5-18(16)28-2/h4-5,8,11-12,14H,3,6-7,9-10,13H2,1-2H3. The highest BCUT2D eigenvalue weighted by atomic mass is 35.5. The van der Waals surface area contributed by atoms with Gasteiger partial charge in [0, 0.05) is 31.5 Å². The van der Waals surface area contributed by atoms with Crippen LogP contribution in [0.25, 0.3) is 5.65 Å². The molecule has 0 amide bonds. The number of methoxy groups -OCH3 is 1. The summed E-state index contributed by atoms with van der Waals surface area (Å²) in [5.41, 5.74) is 2.51. The molecule has 0 bridgehead atoms. The number of anilines is 1. The summed E-state index contributed by atoms with van der Waals surface area (Å²) in [7, 11) is 1.62. The first kappa shape index (κ1) is 19.9. The molecule has 0 aliphatic carbocycles. The number of piperidine rings is 1. The van der Waals surface area contributed by atoms with Crippen molar-refractivity contribution in [2.75, 3.05) is 31.7 Å². The fraction of sp³-hybridized carbons (Fsp3) is 0.429. The van der Waals surface area contributed by atoms with Crippen molar-refractivity contribution in [1.29, 1.82) is 0 Å². The van der Waals surface area contributed by atoms with E-state index in [1.807, 2.05) is 23.6 Å². The molecule has 3 heterocycles. The van der Waals surface area contributed by atoms with Gasteiger partial charge in [-0.3, -0.25) is 4.40 Å². The highest BCUT2D eigenvalue weighted by molar-refractivity contribution is 6.36. The molecule has 1 saturated heterocycles. The molecule has 6 nitrogen and oxygen atoms in total. The summed E-state index contributed by atoms with van der Waals surface area (Å²) in [6.07, 6.45) is 3.72. The van der Waals surface area contributed by atoms with E-state index in [0.717, 1.165) is 48.8 Å². The average Bonchev–Trinajstić information content (AvgIpc) is 3.16. The largest absolute Gasteiger partial charge is 0.496 e. The van der Waals surface area contributed by atoms with Gasteiger partial charge in [0.25, 0.3) is 0 Å². The monoisotopic (exact) mass is 418 g/mol. The van der Waals surface area contributed by atoms with E-state index in [-0.39, 0.29) is 11.7 Å². The Morgan fingerprint density at radius 1 is 1.21 bits per heavy atom. The van der Waals surface area contributed by atoms with E-state index in [4.69, 9.17) is 21.1 Å². The second-order valence-corrected chi connectivity index (χ2v) is 7.49. The van der Waals surface area contributed by atoms with Crippen molar-refractivity contribution in [2.24, 2.45) is 0 Å². The summed E-state index contributed by atoms with van der Waals surface area (Å²) in [4.78, 5) is 2.25. The van der Waals surface area contributed by atoms with E-state index >= 15 is 0 Å². The number of ether oxygens (including phenoxy) is 2. The molecule has 0 radical (unpaired) electrons. The third-order valence-corrected chi connectivity index (χ3v) is 5.83. The predicted octanol–water partition coefficient (Wildman–Crippen LogP) is 4.45. The van der Waals surface area contributed by atoms with Gasteiger partial charge in [0.2, 0.25) is 0 Å². The van der Waals surface area contributed by atoms with E-state index in [1.54, 1.807) is 19.2 Å². The Bertz CT molecular complexity index is 1000. The van der Waals surface area contributed by atoms with Crippen molar-refractivity contribution in [3.8, 4) is 5.75 Å². The lowest BCUT2D eigenvalue weighted by molar-refractivity contribution is 0.127. The zero-order valence-corrected chi connectivity index (χ0v) is 17.3. The Hall–Kier alpha value is -2.38. The molecule has 0 atom stereocenters. The van der Waals surface area contributed by atoms with E-state index in [2.05, 4.69) is 15.1 Å². The number of rotatable bonds is 6. The highest BCUT2D eigenvalue weighted by Gasteiger charge is 2.25. The molecule has 3 aromatic rings. The van der Waals surface area contributed by atoms with Gasteiger partial charge in [-0.2, -0.15) is 0 Å². The van der Waals surface area contributed by atoms with Crippen LogP contribution in [0, 0.1) is 5.82 Å². The maximum Gasteiger partial charge on any atom is 0.181 e. The summed E-state index contributed by atoms with van der Waals surface area (Å²) >= 11 is 6.67. The maximum absolute atomic E-state index is 13.8. The van der Waals surface area contributed by atoms with Gasteiger partial charge in [0.15, 0.2) is 11.5 Å². The molecule has 1 aliphatic heterocycles. The Morgan fingerprint density at radius 2 is 2.00 bits per heavy atom. The van der Waals surface area contributed by atoms with Crippen molar-refractivity contribution >= 4 is 22.9 Å². The molecule has 154 valence electrons. The number of hydrogen-bond acceptors (Lipinski definition) is 5. The Balaban J connectivity index is 1.52. The van der Waals surface area contributed by atoms with Crippen LogP contribution in [0.4, 0.5) is 10.1 Å². The molecule has 8 heteroatoms. The SMILES string of the molecule is CCOCc1nnc2c(Cl)c(N3CCC(c4cc(F)ccc4OC)CC3)ccn12. The fourth-order valence-electron chi connectivity index (χ4n) is 3.95. The molecule has 29 heavy (non-hydrogen) atoms. The topological polar surface area (TPSA) is 51.9 Å². The van der Waals surface area contributed by atoms with Crippen LogP contribution in [0.15, 0.2) is 30.5 Å². The number of nitrogens with zero attached hydrogens (tertiary/aromatic N) is 4. The first-order chi connectivity index (χ1) is 14.1. The minimum absolute atomic E-state index is 0.230. The van der Waals surface area contributed by atoms with Crippen LogP contribution >= 0.6 is 11.6 Å². The molecular weight excluding hydrogens is 395 g/mol. The molecule has 0 unspecified atom stereocenters. The van der Waals surface area contributed by atoms with Crippen molar-refractivity contribution in [3.63, 3.8) is 0 Å². The molecule has 0 N–H and O–H groups in total. The van der Waals surface area contributed by atoms with Crippen LogP contribution in [-0.4, -0.2) is 41.4 Å².